The number of alkyl halides is 1. The van der Waals surface area contributed by atoms with Gasteiger partial charge in [0.2, 0.25) is 0 Å². The summed E-state index contributed by atoms with van der Waals surface area (Å²) in [4.78, 5) is 11.9. The lowest BCUT2D eigenvalue weighted by Crippen LogP contribution is -2.15. The topological polar surface area (TPSA) is 30.2 Å². The van der Waals surface area contributed by atoms with Crippen LogP contribution in [0.4, 0.5) is 0 Å². The molecule has 0 amide bonds. The van der Waals surface area contributed by atoms with Gasteiger partial charge in [-0.1, -0.05) is 29.8 Å². The van der Waals surface area contributed by atoms with Gasteiger partial charge >= 0.3 is 0 Å². The van der Waals surface area contributed by atoms with Crippen LogP contribution in [0, 0.1) is 6.92 Å². The Morgan fingerprint density at radius 2 is 1.79 bits per heavy atom. The molecule has 0 N–H and O–H groups in total. The first-order valence-electron chi connectivity index (χ1n) is 4.85. The molecule has 0 unspecified atom stereocenters. The zero-order valence-electron chi connectivity index (χ0n) is 8.82. The van der Waals surface area contributed by atoms with Gasteiger partial charge in [-0.15, -0.1) is 0 Å². The van der Waals surface area contributed by atoms with Crippen LogP contribution in [0.1, 0.15) is 36.5 Å². The van der Waals surface area contributed by atoms with E-state index >= 15 is 0 Å². The van der Waals surface area contributed by atoms with E-state index < -0.39 is 0 Å². The summed E-state index contributed by atoms with van der Waals surface area (Å²) in [5, 5.41) is 0.573. The Labute approximate surface area is 92.5 Å². The average Bonchev–Trinajstić information content (AvgIpc) is 2.21. The van der Waals surface area contributed by atoms with Gasteiger partial charge in [0.1, 0.15) is 11.5 Å². The van der Waals surface area contributed by atoms with Crippen LogP contribution in [0.15, 0.2) is 9.21 Å². The van der Waals surface area contributed by atoms with Crippen LogP contribution in [0.25, 0.3) is 0 Å². The quantitative estimate of drug-likeness (QED) is 0.781. The summed E-state index contributed by atoms with van der Waals surface area (Å²) in [5.41, 5.74) is 1.64. The van der Waals surface area contributed by atoms with Crippen LogP contribution >= 0.6 is 15.9 Å². The normalized spacial score (nSPS) is 10.6. The van der Waals surface area contributed by atoms with Gasteiger partial charge in [-0.05, 0) is 6.92 Å². The molecule has 1 heterocycles. The maximum Gasteiger partial charge on any atom is 0.192 e. The van der Waals surface area contributed by atoms with E-state index in [9.17, 15) is 4.79 Å². The Kier molecular flexibility index (Phi) is 3.93. The third kappa shape index (κ3) is 1.92. The summed E-state index contributed by atoms with van der Waals surface area (Å²) in [6.07, 6.45) is 1.54. The number of hydrogen-bond acceptors (Lipinski definition) is 2. The second kappa shape index (κ2) is 4.78. The molecule has 0 spiro atoms. The predicted molar refractivity (Wildman–Crippen MR) is 61.1 cm³/mol. The lowest BCUT2D eigenvalue weighted by molar-refractivity contribution is 0.444. The first kappa shape index (κ1) is 11.5. The Morgan fingerprint density at radius 3 is 2.21 bits per heavy atom. The molecule has 0 aliphatic rings. The van der Waals surface area contributed by atoms with Crippen LogP contribution in [0.2, 0.25) is 0 Å². The Hall–Kier alpha value is -0.570. The predicted octanol–water partition coefficient (Wildman–Crippen LogP) is 2.97. The third-order valence-electron chi connectivity index (χ3n) is 2.39. The summed E-state index contributed by atoms with van der Waals surface area (Å²) in [6.45, 7) is 5.83. The van der Waals surface area contributed by atoms with Crippen molar-refractivity contribution in [3.63, 3.8) is 0 Å². The fourth-order valence-corrected chi connectivity index (χ4v) is 2.09. The standard InChI is InChI=1S/C11H15BrO2/c1-4-9-7(3)11(13)8(6-12)10(5-2)14-9/h4-6H2,1-3H3. The Balaban J connectivity index is 3.46. The van der Waals surface area contributed by atoms with E-state index in [2.05, 4.69) is 15.9 Å². The minimum Gasteiger partial charge on any atom is -0.465 e. The van der Waals surface area contributed by atoms with Crippen molar-refractivity contribution in [3.05, 3.63) is 32.9 Å². The molecule has 78 valence electrons. The lowest BCUT2D eigenvalue weighted by atomic mass is 10.1. The third-order valence-corrected chi connectivity index (χ3v) is 2.95. The summed E-state index contributed by atoms with van der Waals surface area (Å²) in [5.74, 6) is 1.63. The summed E-state index contributed by atoms with van der Waals surface area (Å²) in [6, 6.07) is 0. The zero-order valence-corrected chi connectivity index (χ0v) is 10.4. The Bertz CT molecular complexity index is 380. The number of aryl methyl sites for hydroxylation is 2. The van der Waals surface area contributed by atoms with E-state index in [0.717, 1.165) is 35.5 Å². The summed E-state index contributed by atoms with van der Waals surface area (Å²) in [7, 11) is 0. The number of hydrogen-bond donors (Lipinski definition) is 0. The molecule has 0 aliphatic heterocycles. The molecule has 0 radical (unpaired) electrons. The van der Waals surface area contributed by atoms with E-state index in [1.807, 2.05) is 20.8 Å². The fraction of sp³-hybridized carbons (Fsp3) is 0.545. The highest BCUT2D eigenvalue weighted by Crippen LogP contribution is 2.15. The molecule has 14 heavy (non-hydrogen) atoms. The van der Waals surface area contributed by atoms with Gasteiger partial charge in [-0.25, -0.2) is 0 Å². The Morgan fingerprint density at radius 1 is 1.21 bits per heavy atom. The van der Waals surface area contributed by atoms with Gasteiger partial charge in [0, 0.05) is 29.3 Å². The molecule has 1 aromatic heterocycles. The van der Waals surface area contributed by atoms with Crippen LogP contribution in [0.5, 0.6) is 0 Å². The largest absolute Gasteiger partial charge is 0.465 e. The minimum absolute atomic E-state index is 0.127. The molecule has 0 saturated carbocycles. The highest BCUT2D eigenvalue weighted by molar-refractivity contribution is 9.08. The van der Waals surface area contributed by atoms with Crippen molar-refractivity contribution in [3.8, 4) is 0 Å². The van der Waals surface area contributed by atoms with Gasteiger partial charge < -0.3 is 4.42 Å². The van der Waals surface area contributed by atoms with Crippen LogP contribution < -0.4 is 5.43 Å². The molecular weight excluding hydrogens is 244 g/mol. The molecule has 0 aromatic carbocycles. The van der Waals surface area contributed by atoms with Crippen molar-refractivity contribution in [2.45, 2.75) is 38.9 Å². The highest BCUT2D eigenvalue weighted by Gasteiger charge is 2.13. The fourth-order valence-electron chi connectivity index (χ4n) is 1.52. The molecule has 0 bridgehead atoms. The number of rotatable bonds is 3. The van der Waals surface area contributed by atoms with Crippen molar-refractivity contribution in [1.29, 1.82) is 0 Å². The second-order valence-corrected chi connectivity index (χ2v) is 3.78. The first-order valence-corrected chi connectivity index (χ1v) is 5.98. The van der Waals surface area contributed by atoms with Crippen molar-refractivity contribution in [1.82, 2.24) is 0 Å². The summed E-state index contributed by atoms with van der Waals surface area (Å²) < 4.78 is 5.68. The molecular formula is C11H15BrO2. The monoisotopic (exact) mass is 258 g/mol. The first-order chi connectivity index (χ1) is 6.65. The molecule has 2 nitrogen and oxygen atoms in total. The SMILES string of the molecule is CCc1oc(CC)c(CBr)c(=O)c1C. The summed E-state index contributed by atoms with van der Waals surface area (Å²) >= 11 is 3.32. The van der Waals surface area contributed by atoms with Crippen LogP contribution in [-0.4, -0.2) is 0 Å². The average molecular weight is 259 g/mol. The molecule has 3 heteroatoms. The molecule has 1 aromatic rings. The molecule has 0 atom stereocenters. The highest BCUT2D eigenvalue weighted by atomic mass is 79.9. The maximum absolute atomic E-state index is 11.9. The van der Waals surface area contributed by atoms with E-state index in [-0.39, 0.29) is 5.43 Å². The van der Waals surface area contributed by atoms with Crippen molar-refractivity contribution >= 4 is 15.9 Å². The lowest BCUT2D eigenvalue weighted by Gasteiger charge is -2.08. The van der Waals surface area contributed by atoms with Crippen molar-refractivity contribution in [2.75, 3.05) is 0 Å². The van der Waals surface area contributed by atoms with Crippen molar-refractivity contribution < 1.29 is 4.42 Å². The smallest absolute Gasteiger partial charge is 0.192 e. The van der Waals surface area contributed by atoms with E-state index in [1.54, 1.807) is 0 Å². The van der Waals surface area contributed by atoms with Crippen LogP contribution in [-0.2, 0) is 18.2 Å². The van der Waals surface area contributed by atoms with Gasteiger partial charge in [-0.2, -0.15) is 0 Å². The van der Waals surface area contributed by atoms with E-state index in [1.165, 1.54) is 0 Å². The van der Waals surface area contributed by atoms with Crippen molar-refractivity contribution in [2.24, 2.45) is 0 Å². The second-order valence-electron chi connectivity index (χ2n) is 3.22. The van der Waals surface area contributed by atoms with E-state index in [0.29, 0.717) is 5.33 Å². The molecule has 0 fully saturated rings. The van der Waals surface area contributed by atoms with Gasteiger partial charge in [0.05, 0.1) is 0 Å². The molecule has 1 rings (SSSR count). The van der Waals surface area contributed by atoms with Gasteiger partial charge in [-0.3, -0.25) is 4.79 Å². The molecule has 0 aliphatic carbocycles. The zero-order chi connectivity index (χ0) is 10.7. The van der Waals surface area contributed by atoms with E-state index in [4.69, 9.17) is 4.42 Å². The molecule has 0 saturated heterocycles. The van der Waals surface area contributed by atoms with Gasteiger partial charge in [0.15, 0.2) is 5.43 Å². The number of halogens is 1. The maximum atomic E-state index is 11.9. The minimum atomic E-state index is 0.127. The van der Waals surface area contributed by atoms with Gasteiger partial charge in [0.25, 0.3) is 0 Å². The van der Waals surface area contributed by atoms with Crippen LogP contribution in [0.3, 0.4) is 0 Å².